The lowest BCUT2D eigenvalue weighted by atomic mass is 10.2. The third kappa shape index (κ3) is 7.18. The van der Waals surface area contributed by atoms with E-state index in [0.717, 1.165) is 22.0 Å². The Bertz CT molecular complexity index is 1260. The van der Waals surface area contributed by atoms with Gasteiger partial charge in [-0.05, 0) is 62.4 Å². The van der Waals surface area contributed by atoms with E-state index in [4.69, 9.17) is 9.47 Å². The smallest absolute Gasteiger partial charge is 0.264 e. The summed E-state index contributed by atoms with van der Waals surface area (Å²) in [5.74, 6) is 1.19. The molecule has 36 heavy (non-hydrogen) atoms. The largest absolute Gasteiger partial charge is 0.497 e. The van der Waals surface area contributed by atoms with Crippen molar-refractivity contribution in [3.8, 4) is 11.5 Å². The highest BCUT2D eigenvalue weighted by Crippen LogP contribution is 2.35. The van der Waals surface area contributed by atoms with Gasteiger partial charge in [0.25, 0.3) is 10.0 Å². The van der Waals surface area contributed by atoms with Crippen LogP contribution in [0.3, 0.4) is 0 Å². The molecule has 0 heterocycles. The van der Waals surface area contributed by atoms with E-state index in [0.29, 0.717) is 18.0 Å². The molecule has 3 aromatic rings. The minimum atomic E-state index is -4.07. The molecule has 0 aliphatic rings. The molecule has 0 saturated carbocycles. The van der Waals surface area contributed by atoms with Crippen molar-refractivity contribution in [2.45, 2.75) is 30.1 Å². The molecule has 0 aromatic heterocycles. The Labute approximate surface area is 217 Å². The Hall–Kier alpha value is -3.17. The average Bonchev–Trinajstić information content (AvgIpc) is 2.88. The summed E-state index contributed by atoms with van der Waals surface area (Å²) in [7, 11) is -1.12. The second kappa shape index (κ2) is 12.7. The van der Waals surface area contributed by atoms with Crippen LogP contribution in [0.25, 0.3) is 0 Å². The van der Waals surface area contributed by atoms with E-state index in [9.17, 15) is 13.2 Å². The van der Waals surface area contributed by atoms with Crippen molar-refractivity contribution in [3.05, 3.63) is 77.9 Å². The van der Waals surface area contributed by atoms with Crippen molar-refractivity contribution in [1.82, 2.24) is 5.32 Å². The standard InChI is InChI=1S/C27H32N2O5S2/c1-20-6-11-23(12-7-20)35-17-5-16-28-27(30)19-29(25-18-22(33-3)10-15-26(25)34-4)36(31,32)24-13-8-21(2)9-14-24/h6-15,18H,5,16-17,19H2,1-4H3,(H,28,30). The molecule has 0 aliphatic heterocycles. The van der Waals surface area contributed by atoms with Crippen molar-refractivity contribution in [1.29, 1.82) is 0 Å². The number of ether oxygens (including phenoxy) is 2. The lowest BCUT2D eigenvalue weighted by molar-refractivity contribution is -0.119. The van der Waals surface area contributed by atoms with Gasteiger partial charge in [0.2, 0.25) is 5.91 Å². The Morgan fingerprint density at radius 2 is 1.56 bits per heavy atom. The minimum Gasteiger partial charge on any atom is -0.497 e. The normalized spacial score (nSPS) is 11.1. The number of nitrogens with one attached hydrogen (secondary N) is 1. The molecule has 1 amide bonds. The predicted octanol–water partition coefficient (Wildman–Crippen LogP) is 4.81. The fraction of sp³-hybridized carbons (Fsp3) is 0.296. The summed E-state index contributed by atoms with van der Waals surface area (Å²) in [6.07, 6.45) is 0.747. The van der Waals surface area contributed by atoms with E-state index < -0.39 is 22.5 Å². The van der Waals surface area contributed by atoms with Gasteiger partial charge in [0.05, 0.1) is 24.8 Å². The molecule has 0 aliphatic carbocycles. The summed E-state index contributed by atoms with van der Waals surface area (Å²) in [5, 5.41) is 2.85. The zero-order valence-corrected chi connectivity index (χ0v) is 22.6. The predicted molar refractivity (Wildman–Crippen MR) is 145 cm³/mol. The first-order valence-corrected chi connectivity index (χ1v) is 13.9. The van der Waals surface area contributed by atoms with Crippen LogP contribution in [0.15, 0.2) is 76.5 Å². The van der Waals surface area contributed by atoms with E-state index in [2.05, 4.69) is 29.6 Å². The van der Waals surface area contributed by atoms with Crippen molar-refractivity contribution in [3.63, 3.8) is 0 Å². The summed E-state index contributed by atoms with van der Waals surface area (Å²) in [6.45, 7) is 3.97. The van der Waals surface area contributed by atoms with Gasteiger partial charge in [0.15, 0.2) is 0 Å². The maximum absolute atomic E-state index is 13.7. The topological polar surface area (TPSA) is 84.9 Å². The third-order valence-electron chi connectivity index (χ3n) is 5.48. The van der Waals surface area contributed by atoms with Gasteiger partial charge in [-0.15, -0.1) is 11.8 Å². The monoisotopic (exact) mass is 528 g/mol. The van der Waals surface area contributed by atoms with Crippen LogP contribution in [0.4, 0.5) is 5.69 Å². The first kappa shape index (κ1) is 27.4. The van der Waals surface area contributed by atoms with Gasteiger partial charge in [-0.25, -0.2) is 8.42 Å². The quantitative estimate of drug-likeness (QED) is 0.268. The van der Waals surface area contributed by atoms with Gasteiger partial charge in [0.1, 0.15) is 18.0 Å². The van der Waals surface area contributed by atoms with E-state index in [1.54, 1.807) is 42.1 Å². The number of aryl methyl sites for hydroxylation is 2. The summed E-state index contributed by atoms with van der Waals surface area (Å²) in [6, 6.07) is 19.6. The van der Waals surface area contributed by atoms with Gasteiger partial charge in [0, 0.05) is 17.5 Å². The molecule has 9 heteroatoms. The van der Waals surface area contributed by atoms with Crippen LogP contribution in [0, 0.1) is 13.8 Å². The number of nitrogens with zero attached hydrogens (tertiary/aromatic N) is 1. The second-order valence-corrected chi connectivity index (χ2v) is 11.3. The Morgan fingerprint density at radius 1 is 0.917 bits per heavy atom. The average molecular weight is 529 g/mol. The Morgan fingerprint density at radius 3 is 2.17 bits per heavy atom. The lowest BCUT2D eigenvalue weighted by Crippen LogP contribution is -2.41. The van der Waals surface area contributed by atoms with Crippen LogP contribution in [-0.4, -0.2) is 47.4 Å². The molecule has 0 bridgehead atoms. The van der Waals surface area contributed by atoms with Crippen molar-refractivity contribution >= 4 is 33.4 Å². The van der Waals surface area contributed by atoms with Crippen LogP contribution in [-0.2, 0) is 14.8 Å². The highest BCUT2D eigenvalue weighted by Gasteiger charge is 2.30. The molecule has 7 nitrogen and oxygen atoms in total. The van der Waals surface area contributed by atoms with Crippen LogP contribution >= 0.6 is 11.8 Å². The molecule has 0 fully saturated rings. The van der Waals surface area contributed by atoms with Crippen LogP contribution < -0.4 is 19.1 Å². The number of rotatable bonds is 12. The number of carbonyl (C=O) groups excluding carboxylic acids is 1. The van der Waals surface area contributed by atoms with E-state index >= 15 is 0 Å². The molecule has 1 N–H and O–H groups in total. The van der Waals surface area contributed by atoms with E-state index in [-0.39, 0.29) is 10.6 Å². The zero-order valence-electron chi connectivity index (χ0n) is 21.0. The molecule has 3 aromatic carbocycles. The number of carbonyl (C=O) groups is 1. The fourth-order valence-corrected chi connectivity index (χ4v) is 5.72. The molecular weight excluding hydrogens is 496 g/mol. The molecule has 3 rings (SSSR count). The first-order chi connectivity index (χ1) is 17.2. The number of amides is 1. The highest BCUT2D eigenvalue weighted by atomic mass is 32.2. The zero-order chi connectivity index (χ0) is 26.1. The number of benzene rings is 3. The van der Waals surface area contributed by atoms with Gasteiger partial charge in [-0.1, -0.05) is 35.4 Å². The van der Waals surface area contributed by atoms with Crippen molar-refractivity contribution in [2.24, 2.45) is 0 Å². The Balaban J connectivity index is 1.75. The number of hydrogen-bond donors (Lipinski definition) is 1. The van der Waals surface area contributed by atoms with Crippen molar-refractivity contribution < 1.29 is 22.7 Å². The molecule has 192 valence electrons. The first-order valence-electron chi connectivity index (χ1n) is 11.5. The van der Waals surface area contributed by atoms with Crippen LogP contribution in [0.2, 0.25) is 0 Å². The van der Waals surface area contributed by atoms with Crippen molar-refractivity contribution in [2.75, 3.05) is 37.4 Å². The molecule has 0 unspecified atom stereocenters. The number of anilines is 1. The fourth-order valence-electron chi connectivity index (χ4n) is 3.44. The summed E-state index contributed by atoms with van der Waals surface area (Å²) < 4.78 is 39.1. The van der Waals surface area contributed by atoms with Gasteiger partial charge in [-0.2, -0.15) is 0 Å². The lowest BCUT2D eigenvalue weighted by Gasteiger charge is -2.26. The summed E-state index contributed by atoms with van der Waals surface area (Å²) >= 11 is 1.72. The molecule has 0 spiro atoms. The van der Waals surface area contributed by atoms with Gasteiger partial charge < -0.3 is 14.8 Å². The number of hydrogen-bond acceptors (Lipinski definition) is 6. The summed E-state index contributed by atoms with van der Waals surface area (Å²) in [5.41, 5.74) is 2.37. The molecule has 0 saturated heterocycles. The molecular formula is C27H32N2O5S2. The molecule has 0 radical (unpaired) electrons. The second-order valence-electron chi connectivity index (χ2n) is 8.23. The maximum Gasteiger partial charge on any atom is 0.264 e. The SMILES string of the molecule is COc1ccc(OC)c(N(CC(=O)NCCCSc2ccc(C)cc2)S(=O)(=O)c2ccc(C)cc2)c1. The van der Waals surface area contributed by atoms with Crippen LogP contribution in [0.5, 0.6) is 11.5 Å². The van der Waals surface area contributed by atoms with E-state index in [1.807, 2.05) is 13.8 Å². The summed E-state index contributed by atoms with van der Waals surface area (Å²) in [4.78, 5) is 14.1. The highest BCUT2D eigenvalue weighted by molar-refractivity contribution is 7.99. The Kier molecular flexibility index (Phi) is 9.66. The van der Waals surface area contributed by atoms with Gasteiger partial charge >= 0.3 is 0 Å². The third-order valence-corrected chi connectivity index (χ3v) is 8.36. The maximum atomic E-state index is 13.7. The number of methoxy groups -OCH3 is 2. The van der Waals surface area contributed by atoms with Crippen LogP contribution in [0.1, 0.15) is 17.5 Å². The minimum absolute atomic E-state index is 0.0836. The number of thioether (sulfide) groups is 1. The van der Waals surface area contributed by atoms with Gasteiger partial charge in [-0.3, -0.25) is 9.10 Å². The number of sulfonamides is 1. The van der Waals surface area contributed by atoms with E-state index in [1.165, 1.54) is 36.8 Å². The molecule has 0 atom stereocenters.